The number of hydrogen-bond acceptors (Lipinski definition) is 5. The van der Waals surface area contributed by atoms with Gasteiger partial charge in [-0.1, -0.05) is 83.1 Å². The fourth-order valence-electron chi connectivity index (χ4n) is 3.69. The van der Waals surface area contributed by atoms with Crippen molar-refractivity contribution in [2.75, 3.05) is 10.6 Å². The molecule has 0 aliphatic carbocycles. The number of nitrogens with zero attached hydrogens (tertiary/aromatic N) is 2. The second-order valence-electron chi connectivity index (χ2n) is 8.43. The summed E-state index contributed by atoms with van der Waals surface area (Å²) in [4.78, 5) is 26.0. The molecule has 0 radical (unpaired) electrons. The lowest BCUT2D eigenvalue weighted by Gasteiger charge is -2.19. The highest BCUT2D eigenvalue weighted by atomic mass is 32.1. The van der Waals surface area contributed by atoms with E-state index in [4.69, 9.17) is 0 Å². The van der Waals surface area contributed by atoms with Crippen LogP contribution in [0.2, 0.25) is 0 Å². The van der Waals surface area contributed by atoms with Crippen molar-refractivity contribution in [3.05, 3.63) is 95.1 Å². The van der Waals surface area contributed by atoms with Crippen molar-refractivity contribution >= 4 is 34.1 Å². The van der Waals surface area contributed by atoms with Gasteiger partial charge in [0.25, 0.3) is 0 Å². The van der Waals surface area contributed by atoms with E-state index in [1.807, 2.05) is 93.6 Å². The van der Waals surface area contributed by atoms with Gasteiger partial charge in [-0.15, -0.1) is 10.2 Å². The zero-order valence-corrected chi connectivity index (χ0v) is 20.6. The predicted octanol–water partition coefficient (Wildman–Crippen LogP) is 5.50. The predicted molar refractivity (Wildman–Crippen MR) is 141 cm³/mol. The Morgan fingerprint density at radius 2 is 1.63 bits per heavy atom. The van der Waals surface area contributed by atoms with E-state index in [2.05, 4.69) is 26.1 Å². The SMILES string of the molecule is Cc1cccc(-c2nnc(NC(=O)C(Cc3ccccc3)NC(=O)Nc3ccc(C)cc3C)s2)c1. The van der Waals surface area contributed by atoms with Crippen LogP contribution in [0.25, 0.3) is 10.6 Å². The Kier molecular flexibility index (Phi) is 7.52. The van der Waals surface area contributed by atoms with E-state index < -0.39 is 12.1 Å². The lowest BCUT2D eigenvalue weighted by molar-refractivity contribution is -0.117. The van der Waals surface area contributed by atoms with Crippen LogP contribution in [0.15, 0.2) is 72.8 Å². The lowest BCUT2D eigenvalue weighted by atomic mass is 10.1. The van der Waals surface area contributed by atoms with Gasteiger partial charge >= 0.3 is 6.03 Å². The van der Waals surface area contributed by atoms with Crippen LogP contribution in [0.1, 0.15) is 22.3 Å². The molecule has 0 fully saturated rings. The molecule has 4 rings (SSSR count). The van der Waals surface area contributed by atoms with E-state index in [9.17, 15) is 9.59 Å². The normalized spacial score (nSPS) is 11.5. The van der Waals surface area contributed by atoms with E-state index in [1.165, 1.54) is 11.3 Å². The molecule has 0 aliphatic rings. The molecule has 178 valence electrons. The number of benzene rings is 3. The summed E-state index contributed by atoms with van der Waals surface area (Å²) in [6, 6.07) is 22.0. The molecule has 3 N–H and O–H groups in total. The molecule has 8 heteroatoms. The Balaban J connectivity index is 1.48. The van der Waals surface area contributed by atoms with E-state index >= 15 is 0 Å². The van der Waals surface area contributed by atoms with Gasteiger partial charge in [-0.05, 0) is 44.0 Å². The van der Waals surface area contributed by atoms with Crippen LogP contribution in [-0.4, -0.2) is 28.2 Å². The zero-order chi connectivity index (χ0) is 24.8. The summed E-state index contributed by atoms with van der Waals surface area (Å²) in [5, 5.41) is 17.9. The van der Waals surface area contributed by atoms with Crippen molar-refractivity contribution < 1.29 is 9.59 Å². The van der Waals surface area contributed by atoms with Gasteiger partial charge in [0.05, 0.1) is 0 Å². The molecule has 1 heterocycles. The number of carbonyl (C=O) groups is 2. The minimum Gasteiger partial charge on any atom is -0.326 e. The van der Waals surface area contributed by atoms with Gasteiger partial charge in [-0.25, -0.2) is 4.79 Å². The molecule has 0 spiro atoms. The highest BCUT2D eigenvalue weighted by molar-refractivity contribution is 7.18. The zero-order valence-electron chi connectivity index (χ0n) is 19.8. The fraction of sp³-hybridized carbons (Fsp3) is 0.185. The molecule has 4 aromatic rings. The standard InChI is InChI=1S/C27H27N5O2S/c1-17-8-7-11-21(15-17)25-31-32-27(35-25)30-24(33)23(16-20-9-5-4-6-10-20)29-26(34)28-22-13-12-18(2)14-19(22)3/h4-15,23H,16H2,1-3H3,(H2,28,29,34)(H,30,32,33). The van der Waals surface area contributed by atoms with Crippen LogP contribution in [0.3, 0.4) is 0 Å². The third-order valence-electron chi connectivity index (χ3n) is 5.45. The first-order valence-corrected chi connectivity index (χ1v) is 12.1. The number of anilines is 2. The van der Waals surface area contributed by atoms with Gasteiger partial charge in [-0.2, -0.15) is 0 Å². The molecule has 7 nitrogen and oxygen atoms in total. The van der Waals surface area contributed by atoms with Crippen molar-refractivity contribution in [1.29, 1.82) is 0 Å². The molecule has 3 amide bonds. The Bertz CT molecular complexity index is 1340. The minimum absolute atomic E-state index is 0.330. The topological polar surface area (TPSA) is 96.0 Å². The smallest absolute Gasteiger partial charge is 0.319 e. The van der Waals surface area contributed by atoms with Gasteiger partial charge < -0.3 is 10.6 Å². The third kappa shape index (κ3) is 6.51. The number of amides is 3. The van der Waals surface area contributed by atoms with Crippen LogP contribution in [0.4, 0.5) is 15.6 Å². The minimum atomic E-state index is -0.811. The van der Waals surface area contributed by atoms with Crippen molar-refractivity contribution in [3.8, 4) is 10.6 Å². The molecular formula is C27H27N5O2S. The number of urea groups is 1. The van der Waals surface area contributed by atoms with Gasteiger partial charge in [0.2, 0.25) is 11.0 Å². The van der Waals surface area contributed by atoms with Crippen molar-refractivity contribution in [3.63, 3.8) is 0 Å². The fourth-order valence-corrected chi connectivity index (χ4v) is 4.43. The molecule has 3 aromatic carbocycles. The molecule has 1 atom stereocenters. The molecule has 0 bridgehead atoms. The van der Waals surface area contributed by atoms with Gasteiger partial charge in [-0.3, -0.25) is 10.1 Å². The maximum Gasteiger partial charge on any atom is 0.319 e. The lowest BCUT2D eigenvalue weighted by Crippen LogP contribution is -2.47. The highest BCUT2D eigenvalue weighted by Gasteiger charge is 2.23. The average Bonchev–Trinajstić information content (AvgIpc) is 3.30. The summed E-state index contributed by atoms with van der Waals surface area (Å²) in [6.07, 6.45) is 0.330. The van der Waals surface area contributed by atoms with E-state index in [0.717, 1.165) is 27.8 Å². The van der Waals surface area contributed by atoms with E-state index in [-0.39, 0.29) is 5.91 Å². The quantitative estimate of drug-likeness (QED) is 0.322. The summed E-state index contributed by atoms with van der Waals surface area (Å²) in [7, 11) is 0. The first-order chi connectivity index (χ1) is 16.9. The van der Waals surface area contributed by atoms with Crippen LogP contribution in [-0.2, 0) is 11.2 Å². The monoisotopic (exact) mass is 485 g/mol. The largest absolute Gasteiger partial charge is 0.326 e. The number of aromatic nitrogens is 2. The third-order valence-corrected chi connectivity index (χ3v) is 6.34. The summed E-state index contributed by atoms with van der Waals surface area (Å²) in [5.74, 6) is -0.364. The van der Waals surface area contributed by atoms with Gasteiger partial charge in [0.1, 0.15) is 11.0 Å². The molecule has 0 aliphatic heterocycles. The van der Waals surface area contributed by atoms with Crippen molar-refractivity contribution in [2.24, 2.45) is 0 Å². The maximum atomic E-state index is 13.2. The number of nitrogens with one attached hydrogen (secondary N) is 3. The molecule has 1 unspecified atom stereocenters. The van der Waals surface area contributed by atoms with Crippen LogP contribution < -0.4 is 16.0 Å². The van der Waals surface area contributed by atoms with E-state index in [0.29, 0.717) is 22.2 Å². The molecule has 0 saturated carbocycles. The van der Waals surface area contributed by atoms with Crippen LogP contribution in [0, 0.1) is 20.8 Å². The average molecular weight is 486 g/mol. The number of rotatable bonds is 7. The summed E-state index contributed by atoms with van der Waals surface area (Å²) in [6.45, 7) is 5.93. The number of aryl methyl sites for hydroxylation is 3. The molecular weight excluding hydrogens is 458 g/mol. The molecule has 0 saturated heterocycles. The van der Waals surface area contributed by atoms with E-state index in [1.54, 1.807) is 0 Å². The highest BCUT2D eigenvalue weighted by Crippen LogP contribution is 2.27. The Morgan fingerprint density at radius 1 is 0.857 bits per heavy atom. The van der Waals surface area contributed by atoms with Crippen LogP contribution in [0.5, 0.6) is 0 Å². The van der Waals surface area contributed by atoms with Crippen molar-refractivity contribution in [1.82, 2.24) is 15.5 Å². The second-order valence-corrected chi connectivity index (χ2v) is 9.41. The number of carbonyl (C=O) groups excluding carboxylic acids is 2. The Morgan fingerprint density at radius 3 is 2.37 bits per heavy atom. The first-order valence-electron chi connectivity index (χ1n) is 11.3. The Hall–Kier alpha value is -4.04. The summed E-state index contributed by atoms with van der Waals surface area (Å²) < 4.78 is 0. The maximum absolute atomic E-state index is 13.2. The molecule has 1 aromatic heterocycles. The summed E-state index contributed by atoms with van der Waals surface area (Å²) >= 11 is 1.29. The summed E-state index contributed by atoms with van der Waals surface area (Å²) in [5.41, 5.74) is 5.73. The first kappa shape index (κ1) is 24.1. The molecule has 35 heavy (non-hydrogen) atoms. The second kappa shape index (κ2) is 10.9. The Labute approximate surface area is 208 Å². The van der Waals surface area contributed by atoms with Gasteiger partial charge in [0, 0.05) is 17.7 Å². The van der Waals surface area contributed by atoms with Crippen molar-refractivity contribution in [2.45, 2.75) is 33.2 Å². The number of hydrogen-bond donors (Lipinski definition) is 3. The van der Waals surface area contributed by atoms with Gasteiger partial charge in [0.15, 0.2) is 0 Å². The van der Waals surface area contributed by atoms with Crippen LogP contribution >= 0.6 is 11.3 Å².